The van der Waals surface area contributed by atoms with Gasteiger partial charge in [0, 0.05) is 24.8 Å². The highest BCUT2D eigenvalue weighted by Crippen LogP contribution is 2.21. The first-order valence-corrected chi connectivity index (χ1v) is 7.88. The van der Waals surface area contributed by atoms with Crippen LogP contribution in [0.4, 0.5) is 10.5 Å². The topological polar surface area (TPSA) is 41.6 Å². The molecule has 1 aliphatic heterocycles. The second-order valence-corrected chi connectivity index (χ2v) is 5.88. The lowest BCUT2D eigenvalue weighted by atomic mass is 10.0. The minimum absolute atomic E-state index is 0.183. The number of hydrogen-bond donors (Lipinski definition) is 1. The molecule has 116 valence electrons. The smallest absolute Gasteiger partial charge is 0.409 e. The second kappa shape index (κ2) is 7.34. The van der Waals surface area contributed by atoms with E-state index in [1.165, 1.54) is 11.3 Å². The number of amides is 1. The Kier molecular flexibility index (Phi) is 5.48. The summed E-state index contributed by atoms with van der Waals surface area (Å²) < 4.78 is 5.04. The minimum atomic E-state index is -0.183. The number of nitrogens with one attached hydrogen (secondary N) is 1. The maximum Gasteiger partial charge on any atom is 0.409 e. The zero-order valence-corrected chi connectivity index (χ0v) is 13.3. The molecule has 1 aromatic carbocycles. The van der Waals surface area contributed by atoms with Gasteiger partial charge in [-0.2, -0.15) is 0 Å². The van der Waals surface area contributed by atoms with E-state index in [4.69, 9.17) is 4.74 Å². The Morgan fingerprint density at radius 3 is 2.71 bits per heavy atom. The van der Waals surface area contributed by atoms with Crippen LogP contribution in [-0.4, -0.2) is 36.7 Å². The average Bonchev–Trinajstić information content (AvgIpc) is 2.48. The van der Waals surface area contributed by atoms with Gasteiger partial charge < -0.3 is 15.0 Å². The largest absolute Gasteiger partial charge is 0.450 e. The average molecular weight is 290 g/mol. The molecule has 21 heavy (non-hydrogen) atoms. The van der Waals surface area contributed by atoms with Crippen molar-refractivity contribution < 1.29 is 9.53 Å². The van der Waals surface area contributed by atoms with Crippen LogP contribution in [0.2, 0.25) is 0 Å². The quantitative estimate of drug-likeness (QED) is 0.916. The first kappa shape index (κ1) is 15.7. The number of carbonyl (C=O) groups is 1. The van der Waals surface area contributed by atoms with Gasteiger partial charge >= 0.3 is 6.09 Å². The molecule has 0 aromatic heterocycles. The van der Waals surface area contributed by atoms with Gasteiger partial charge in [0.05, 0.1) is 6.61 Å². The Morgan fingerprint density at radius 2 is 2.10 bits per heavy atom. The molecule has 1 fully saturated rings. The van der Waals surface area contributed by atoms with E-state index in [0.29, 0.717) is 18.6 Å². The number of carbonyl (C=O) groups excluding carboxylic acids is 1. The number of hydrogen-bond acceptors (Lipinski definition) is 3. The van der Waals surface area contributed by atoms with Crippen molar-refractivity contribution in [1.29, 1.82) is 0 Å². The van der Waals surface area contributed by atoms with Gasteiger partial charge in [0.2, 0.25) is 0 Å². The van der Waals surface area contributed by atoms with Crippen LogP contribution in [0, 0.1) is 0 Å². The van der Waals surface area contributed by atoms with Crippen molar-refractivity contribution in [2.45, 2.75) is 45.6 Å². The van der Waals surface area contributed by atoms with Crippen LogP contribution in [-0.2, 0) is 4.74 Å². The van der Waals surface area contributed by atoms with E-state index < -0.39 is 0 Å². The Morgan fingerprint density at radius 1 is 1.38 bits per heavy atom. The molecule has 4 nitrogen and oxygen atoms in total. The van der Waals surface area contributed by atoms with Crippen molar-refractivity contribution in [3.63, 3.8) is 0 Å². The number of rotatable bonds is 4. The van der Waals surface area contributed by atoms with Crippen LogP contribution in [0.25, 0.3) is 0 Å². The zero-order valence-electron chi connectivity index (χ0n) is 13.3. The predicted octanol–water partition coefficient (Wildman–Crippen LogP) is 3.84. The fraction of sp³-hybridized carbons (Fsp3) is 0.588. The SMILES string of the molecule is CCOC(=O)N1CCC(Nc2cccc(C(C)C)c2)CC1. The monoisotopic (exact) mass is 290 g/mol. The molecule has 0 bridgehead atoms. The molecule has 0 atom stereocenters. The number of benzene rings is 1. The summed E-state index contributed by atoms with van der Waals surface area (Å²) in [6.45, 7) is 8.22. The van der Waals surface area contributed by atoms with Crippen LogP contribution in [0.3, 0.4) is 0 Å². The molecular weight excluding hydrogens is 264 g/mol. The van der Waals surface area contributed by atoms with E-state index in [-0.39, 0.29) is 6.09 Å². The van der Waals surface area contributed by atoms with Gasteiger partial charge in [0.15, 0.2) is 0 Å². The first-order valence-electron chi connectivity index (χ1n) is 7.88. The van der Waals surface area contributed by atoms with Crippen LogP contribution in [0.1, 0.15) is 45.1 Å². The van der Waals surface area contributed by atoms with E-state index >= 15 is 0 Å². The van der Waals surface area contributed by atoms with E-state index in [9.17, 15) is 4.79 Å². The van der Waals surface area contributed by atoms with Crippen LogP contribution in [0.5, 0.6) is 0 Å². The van der Waals surface area contributed by atoms with Crippen molar-refractivity contribution in [1.82, 2.24) is 4.90 Å². The summed E-state index contributed by atoms with van der Waals surface area (Å²) in [5, 5.41) is 3.59. The molecule has 4 heteroatoms. The normalized spacial score (nSPS) is 16.1. The maximum absolute atomic E-state index is 11.7. The van der Waals surface area contributed by atoms with E-state index in [1.807, 2.05) is 6.92 Å². The molecule has 0 aliphatic carbocycles. The van der Waals surface area contributed by atoms with Gasteiger partial charge in [0.1, 0.15) is 0 Å². The lowest BCUT2D eigenvalue weighted by Crippen LogP contribution is -2.42. The Hall–Kier alpha value is -1.71. The molecule has 1 aromatic rings. The lowest BCUT2D eigenvalue weighted by molar-refractivity contribution is 0.0983. The van der Waals surface area contributed by atoms with E-state index in [2.05, 4.69) is 43.4 Å². The summed E-state index contributed by atoms with van der Waals surface area (Å²) >= 11 is 0. The van der Waals surface area contributed by atoms with Gasteiger partial charge in [-0.05, 0) is 43.4 Å². The molecule has 0 unspecified atom stereocenters. The Balaban J connectivity index is 1.86. The molecular formula is C17H26N2O2. The number of nitrogens with zero attached hydrogens (tertiary/aromatic N) is 1. The van der Waals surface area contributed by atoms with E-state index in [1.54, 1.807) is 4.90 Å². The number of anilines is 1. The van der Waals surface area contributed by atoms with Crippen LogP contribution >= 0.6 is 0 Å². The molecule has 0 spiro atoms. The number of piperidine rings is 1. The molecule has 1 saturated heterocycles. The third-order valence-electron chi connectivity index (χ3n) is 3.95. The maximum atomic E-state index is 11.7. The van der Waals surface area contributed by atoms with Gasteiger partial charge in [-0.15, -0.1) is 0 Å². The van der Waals surface area contributed by atoms with Gasteiger partial charge in [0.25, 0.3) is 0 Å². The summed E-state index contributed by atoms with van der Waals surface area (Å²) in [4.78, 5) is 13.5. The van der Waals surface area contributed by atoms with Crippen molar-refractivity contribution >= 4 is 11.8 Å². The summed E-state index contributed by atoms with van der Waals surface area (Å²) in [6.07, 6.45) is 1.74. The summed E-state index contributed by atoms with van der Waals surface area (Å²) in [6, 6.07) is 9.04. The van der Waals surface area contributed by atoms with Gasteiger partial charge in [-0.25, -0.2) is 4.79 Å². The fourth-order valence-electron chi connectivity index (χ4n) is 2.64. The lowest BCUT2D eigenvalue weighted by Gasteiger charge is -2.32. The van der Waals surface area contributed by atoms with Gasteiger partial charge in [-0.1, -0.05) is 26.0 Å². The molecule has 1 heterocycles. The summed E-state index contributed by atoms with van der Waals surface area (Å²) in [5.74, 6) is 0.539. The van der Waals surface area contributed by atoms with Crippen molar-refractivity contribution in [2.75, 3.05) is 25.0 Å². The van der Waals surface area contributed by atoms with Crippen LogP contribution < -0.4 is 5.32 Å². The second-order valence-electron chi connectivity index (χ2n) is 5.88. The summed E-state index contributed by atoms with van der Waals surface area (Å²) in [7, 11) is 0. The fourth-order valence-corrected chi connectivity index (χ4v) is 2.64. The zero-order chi connectivity index (χ0) is 15.2. The van der Waals surface area contributed by atoms with Crippen LogP contribution in [0.15, 0.2) is 24.3 Å². The highest BCUT2D eigenvalue weighted by molar-refractivity contribution is 5.67. The van der Waals surface area contributed by atoms with Crippen molar-refractivity contribution in [3.05, 3.63) is 29.8 Å². The first-order chi connectivity index (χ1) is 10.1. The van der Waals surface area contributed by atoms with E-state index in [0.717, 1.165) is 25.9 Å². The summed E-state index contributed by atoms with van der Waals surface area (Å²) in [5.41, 5.74) is 2.53. The van der Waals surface area contributed by atoms with Crippen molar-refractivity contribution in [3.8, 4) is 0 Å². The number of ether oxygens (including phenoxy) is 1. The molecule has 1 N–H and O–H groups in total. The molecule has 0 radical (unpaired) electrons. The van der Waals surface area contributed by atoms with Gasteiger partial charge in [-0.3, -0.25) is 0 Å². The minimum Gasteiger partial charge on any atom is -0.450 e. The third-order valence-corrected chi connectivity index (χ3v) is 3.95. The Bertz CT molecular complexity index is 466. The molecule has 2 rings (SSSR count). The molecule has 1 amide bonds. The molecule has 1 aliphatic rings. The van der Waals surface area contributed by atoms with Crippen molar-refractivity contribution in [2.24, 2.45) is 0 Å². The molecule has 0 saturated carbocycles. The Labute approximate surface area is 127 Å². The highest BCUT2D eigenvalue weighted by atomic mass is 16.6. The highest BCUT2D eigenvalue weighted by Gasteiger charge is 2.23. The number of likely N-dealkylation sites (tertiary alicyclic amines) is 1. The standard InChI is InChI=1S/C17H26N2O2/c1-4-21-17(20)19-10-8-15(9-11-19)18-16-7-5-6-14(12-16)13(2)3/h5-7,12-13,15,18H,4,8-11H2,1-3H3. The third kappa shape index (κ3) is 4.38. The predicted molar refractivity (Wildman–Crippen MR) is 85.8 cm³/mol.